The third-order valence-corrected chi connectivity index (χ3v) is 5.04. The number of halogens is 2. The molecule has 2 unspecified atom stereocenters. The van der Waals surface area contributed by atoms with E-state index in [1.165, 1.54) is 0 Å². The molecule has 2 N–H and O–H groups in total. The van der Waals surface area contributed by atoms with Crippen LogP contribution in [0.3, 0.4) is 0 Å². The first kappa shape index (κ1) is 14.4. The number of nitrogens with two attached hydrogens (primary N) is 1. The second-order valence-electron chi connectivity index (χ2n) is 4.64. The predicted molar refractivity (Wildman–Crippen MR) is 65.3 cm³/mol. The summed E-state index contributed by atoms with van der Waals surface area (Å²) < 4.78 is 55.5. The lowest BCUT2D eigenvalue weighted by atomic mass is 10.0. The molecule has 4 nitrogen and oxygen atoms in total. The molecular weight excluding hydrogens is 276 g/mol. The lowest BCUT2D eigenvalue weighted by Crippen LogP contribution is -2.37. The van der Waals surface area contributed by atoms with E-state index in [4.69, 9.17) is 10.5 Å². The molecule has 19 heavy (non-hydrogen) atoms. The van der Waals surface area contributed by atoms with Crippen molar-refractivity contribution in [1.29, 1.82) is 0 Å². The average molecular weight is 291 g/mol. The van der Waals surface area contributed by atoms with Gasteiger partial charge in [0, 0.05) is 24.6 Å². The van der Waals surface area contributed by atoms with E-state index >= 15 is 0 Å². The van der Waals surface area contributed by atoms with Gasteiger partial charge in [-0.05, 0) is 18.6 Å². The Morgan fingerprint density at radius 1 is 1.42 bits per heavy atom. The first-order chi connectivity index (χ1) is 8.90. The molecule has 0 bridgehead atoms. The molecule has 1 aliphatic rings. The van der Waals surface area contributed by atoms with Crippen molar-refractivity contribution in [3.05, 3.63) is 29.8 Å². The summed E-state index contributed by atoms with van der Waals surface area (Å²) >= 11 is 0. The summed E-state index contributed by atoms with van der Waals surface area (Å²) in [5.41, 5.74) is 5.83. The number of sulfone groups is 1. The molecule has 1 aromatic carbocycles. The molecule has 2 atom stereocenters. The minimum absolute atomic E-state index is 0.0433. The minimum Gasteiger partial charge on any atom is -0.381 e. The largest absolute Gasteiger partial charge is 0.381 e. The molecule has 1 aromatic rings. The summed E-state index contributed by atoms with van der Waals surface area (Å²) in [4.78, 5) is -0.511. The fourth-order valence-corrected chi connectivity index (χ4v) is 3.69. The number of ether oxygens (including phenoxy) is 1. The molecule has 1 saturated heterocycles. The van der Waals surface area contributed by atoms with E-state index in [-0.39, 0.29) is 11.7 Å². The number of hydrogen-bond acceptors (Lipinski definition) is 4. The van der Waals surface area contributed by atoms with E-state index in [0.29, 0.717) is 25.7 Å². The van der Waals surface area contributed by atoms with Crippen LogP contribution in [0, 0.1) is 17.6 Å². The van der Waals surface area contributed by atoms with Gasteiger partial charge in [-0.15, -0.1) is 0 Å². The Morgan fingerprint density at radius 2 is 2.16 bits per heavy atom. The smallest absolute Gasteiger partial charge is 0.182 e. The highest BCUT2D eigenvalue weighted by atomic mass is 32.2. The van der Waals surface area contributed by atoms with Crippen molar-refractivity contribution >= 4 is 9.84 Å². The van der Waals surface area contributed by atoms with Crippen LogP contribution >= 0.6 is 0 Å². The van der Waals surface area contributed by atoms with E-state index in [1.807, 2.05) is 0 Å². The zero-order valence-corrected chi connectivity index (χ0v) is 11.0. The third-order valence-electron chi connectivity index (χ3n) is 3.21. The first-order valence-electron chi connectivity index (χ1n) is 5.91. The lowest BCUT2D eigenvalue weighted by molar-refractivity contribution is 0.182. The van der Waals surface area contributed by atoms with Gasteiger partial charge >= 0.3 is 0 Å². The molecular formula is C12H15F2NO3S. The fourth-order valence-electron chi connectivity index (χ4n) is 2.10. The Kier molecular flexibility index (Phi) is 4.17. The summed E-state index contributed by atoms with van der Waals surface area (Å²) in [6, 6.07) is 1.78. The Hall–Kier alpha value is -1.05. The van der Waals surface area contributed by atoms with Gasteiger partial charge in [-0.25, -0.2) is 17.2 Å². The van der Waals surface area contributed by atoms with Crippen molar-refractivity contribution in [3.63, 3.8) is 0 Å². The zero-order valence-electron chi connectivity index (χ0n) is 10.2. The molecule has 0 amide bonds. The molecule has 0 aromatic heterocycles. The summed E-state index contributed by atoms with van der Waals surface area (Å²) in [7, 11) is -3.87. The number of hydrogen-bond donors (Lipinski definition) is 1. The second-order valence-corrected chi connectivity index (χ2v) is 6.65. The van der Waals surface area contributed by atoms with Gasteiger partial charge in [0.2, 0.25) is 0 Å². The van der Waals surface area contributed by atoms with Crippen molar-refractivity contribution in [3.8, 4) is 0 Å². The van der Waals surface area contributed by atoms with Gasteiger partial charge in [0.25, 0.3) is 0 Å². The minimum atomic E-state index is -3.87. The van der Waals surface area contributed by atoms with Crippen LogP contribution in [0.1, 0.15) is 6.42 Å². The van der Waals surface area contributed by atoms with E-state index < -0.39 is 32.4 Å². The summed E-state index contributed by atoms with van der Waals surface area (Å²) in [5.74, 6) is -2.32. The normalized spacial score (nSPS) is 21.5. The summed E-state index contributed by atoms with van der Waals surface area (Å²) in [6.45, 7) is 0.978. The highest BCUT2D eigenvalue weighted by Crippen LogP contribution is 2.21. The zero-order chi connectivity index (χ0) is 14.0. The second kappa shape index (κ2) is 5.52. The molecule has 0 spiro atoms. The molecule has 7 heteroatoms. The highest BCUT2D eigenvalue weighted by Gasteiger charge is 2.29. The predicted octanol–water partition coefficient (Wildman–Crippen LogP) is 1.10. The van der Waals surface area contributed by atoms with Crippen LogP contribution in [-0.4, -0.2) is 33.4 Å². The van der Waals surface area contributed by atoms with Crippen molar-refractivity contribution in [1.82, 2.24) is 0 Å². The monoisotopic (exact) mass is 291 g/mol. The van der Waals surface area contributed by atoms with Crippen molar-refractivity contribution < 1.29 is 21.9 Å². The van der Waals surface area contributed by atoms with Gasteiger partial charge in [0.05, 0.1) is 12.4 Å². The molecule has 0 radical (unpaired) electrons. The van der Waals surface area contributed by atoms with E-state index in [9.17, 15) is 17.2 Å². The summed E-state index contributed by atoms with van der Waals surface area (Å²) in [5, 5.41) is 0. The van der Waals surface area contributed by atoms with Crippen LogP contribution in [0.15, 0.2) is 23.1 Å². The molecule has 106 valence electrons. The van der Waals surface area contributed by atoms with Gasteiger partial charge in [-0.1, -0.05) is 0 Å². The molecule has 0 saturated carbocycles. The third kappa shape index (κ3) is 3.29. The standard InChI is InChI=1S/C12H15F2NO3S/c13-9-1-2-12(10(14)5-9)19(16,17)7-11(15)8-3-4-18-6-8/h1-2,5,8,11H,3-4,6-7,15H2. The van der Waals surface area contributed by atoms with Crippen LogP contribution < -0.4 is 5.73 Å². The van der Waals surface area contributed by atoms with Crippen molar-refractivity contribution in [2.45, 2.75) is 17.4 Å². The van der Waals surface area contributed by atoms with Crippen LogP contribution in [0.5, 0.6) is 0 Å². The molecule has 1 fully saturated rings. The van der Waals surface area contributed by atoms with E-state index in [2.05, 4.69) is 0 Å². The SMILES string of the molecule is NC(CS(=O)(=O)c1ccc(F)cc1F)C1CCOC1. The van der Waals surface area contributed by atoms with Crippen LogP contribution in [0.4, 0.5) is 8.78 Å². The lowest BCUT2D eigenvalue weighted by Gasteiger charge is -2.17. The van der Waals surface area contributed by atoms with E-state index in [1.54, 1.807) is 0 Å². The quantitative estimate of drug-likeness (QED) is 0.844. The molecule has 2 rings (SSSR count). The molecule has 1 aliphatic heterocycles. The molecule has 0 aliphatic carbocycles. The van der Waals surface area contributed by atoms with Crippen LogP contribution in [-0.2, 0) is 14.6 Å². The molecule has 1 heterocycles. The van der Waals surface area contributed by atoms with E-state index in [0.717, 1.165) is 12.1 Å². The van der Waals surface area contributed by atoms with Crippen LogP contribution in [0.2, 0.25) is 0 Å². The number of benzene rings is 1. The van der Waals surface area contributed by atoms with Crippen LogP contribution in [0.25, 0.3) is 0 Å². The van der Waals surface area contributed by atoms with Gasteiger partial charge in [0.15, 0.2) is 9.84 Å². The van der Waals surface area contributed by atoms with Crippen molar-refractivity contribution in [2.75, 3.05) is 19.0 Å². The Morgan fingerprint density at radius 3 is 2.74 bits per heavy atom. The maximum Gasteiger partial charge on any atom is 0.182 e. The Labute approximate surface area is 110 Å². The fraction of sp³-hybridized carbons (Fsp3) is 0.500. The Bertz CT molecular complexity index is 556. The topological polar surface area (TPSA) is 69.4 Å². The van der Waals surface area contributed by atoms with Crippen molar-refractivity contribution in [2.24, 2.45) is 11.7 Å². The number of rotatable bonds is 4. The average Bonchev–Trinajstić information content (AvgIpc) is 2.80. The maximum atomic E-state index is 13.5. The van der Waals surface area contributed by atoms with Gasteiger partial charge < -0.3 is 10.5 Å². The van der Waals surface area contributed by atoms with Gasteiger partial charge in [-0.2, -0.15) is 0 Å². The first-order valence-corrected chi connectivity index (χ1v) is 7.56. The van der Waals surface area contributed by atoms with Gasteiger partial charge in [-0.3, -0.25) is 0 Å². The maximum absolute atomic E-state index is 13.5. The highest BCUT2D eigenvalue weighted by molar-refractivity contribution is 7.91. The summed E-state index contributed by atoms with van der Waals surface area (Å²) in [6.07, 6.45) is 0.697. The van der Waals surface area contributed by atoms with Gasteiger partial charge in [0.1, 0.15) is 16.5 Å². The Balaban J connectivity index is 2.17.